The van der Waals surface area contributed by atoms with Gasteiger partial charge >= 0.3 is 0 Å². The highest BCUT2D eigenvalue weighted by Crippen LogP contribution is 2.31. The predicted molar refractivity (Wildman–Crippen MR) is 38.9 cm³/mol. The summed E-state index contributed by atoms with van der Waals surface area (Å²) in [4.78, 5) is 0. The largest absolute Gasteiger partial charge is 0.633 e. The molecule has 3 heterocycles. The molecule has 0 radical (unpaired) electrons. The standard InChI is InChI=1S/C7H14N2O/c8-7-5-9(10)3-1-6(7)2-4-9/h6-7H,1-5,8H2. The van der Waals surface area contributed by atoms with Crippen molar-refractivity contribution in [2.75, 3.05) is 19.6 Å². The molecule has 3 heteroatoms. The topological polar surface area (TPSA) is 49.1 Å². The molecule has 2 N–H and O–H groups in total. The van der Waals surface area contributed by atoms with E-state index < -0.39 is 0 Å². The lowest BCUT2D eigenvalue weighted by Gasteiger charge is -2.54. The van der Waals surface area contributed by atoms with E-state index in [-0.39, 0.29) is 10.7 Å². The lowest BCUT2D eigenvalue weighted by Crippen LogP contribution is -2.62. The van der Waals surface area contributed by atoms with Gasteiger partial charge in [-0.05, 0) is 5.92 Å². The molecule has 10 heavy (non-hydrogen) atoms. The van der Waals surface area contributed by atoms with Crippen LogP contribution in [-0.4, -0.2) is 30.3 Å². The number of rotatable bonds is 0. The quantitative estimate of drug-likeness (QED) is 0.384. The van der Waals surface area contributed by atoms with Gasteiger partial charge in [-0.2, -0.15) is 0 Å². The Hall–Kier alpha value is -0.120. The van der Waals surface area contributed by atoms with E-state index in [9.17, 15) is 5.21 Å². The number of nitrogens with two attached hydrogens (primary N) is 1. The molecule has 0 spiro atoms. The minimum atomic E-state index is -0.00231. The molecule has 3 aliphatic rings. The SMILES string of the molecule is NC1C[N+]2([O-])CCC1CC2. The average molecular weight is 142 g/mol. The van der Waals surface area contributed by atoms with Crippen LogP contribution in [0.3, 0.4) is 0 Å². The second-order valence-corrected chi connectivity index (χ2v) is 3.69. The molecule has 1 atom stereocenters. The van der Waals surface area contributed by atoms with Crippen LogP contribution in [0, 0.1) is 11.1 Å². The zero-order valence-corrected chi connectivity index (χ0v) is 6.12. The summed E-state index contributed by atoms with van der Waals surface area (Å²) in [7, 11) is 0. The third kappa shape index (κ3) is 0.856. The minimum Gasteiger partial charge on any atom is -0.633 e. The third-order valence-corrected chi connectivity index (χ3v) is 2.96. The smallest absolute Gasteiger partial charge is 0.0940 e. The van der Waals surface area contributed by atoms with Crippen LogP contribution in [0.5, 0.6) is 0 Å². The van der Waals surface area contributed by atoms with E-state index in [0.29, 0.717) is 12.5 Å². The first-order valence-electron chi connectivity index (χ1n) is 4.02. The van der Waals surface area contributed by atoms with Crippen molar-refractivity contribution in [2.45, 2.75) is 18.9 Å². The van der Waals surface area contributed by atoms with E-state index in [1.807, 2.05) is 0 Å². The maximum absolute atomic E-state index is 11.6. The molecule has 0 aromatic carbocycles. The van der Waals surface area contributed by atoms with E-state index in [1.54, 1.807) is 0 Å². The van der Waals surface area contributed by atoms with Crippen LogP contribution in [0.25, 0.3) is 0 Å². The van der Waals surface area contributed by atoms with E-state index in [2.05, 4.69) is 0 Å². The van der Waals surface area contributed by atoms with Crippen molar-refractivity contribution in [1.29, 1.82) is 0 Å². The third-order valence-electron chi connectivity index (χ3n) is 2.96. The fourth-order valence-electron chi connectivity index (χ4n) is 2.20. The zero-order chi connectivity index (χ0) is 7.19. The van der Waals surface area contributed by atoms with E-state index in [1.165, 1.54) is 0 Å². The molecule has 3 fully saturated rings. The van der Waals surface area contributed by atoms with Gasteiger partial charge in [0.1, 0.15) is 0 Å². The first kappa shape index (κ1) is 6.58. The lowest BCUT2D eigenvalue weighted by atomic mass is 9.84. The number of hydrogen-bond acceptors (Lipinski definition) is 2. The molecule has 0 saturated carbocycles. The first-order chi connectivity index (χ1) is 4.70. The Bertz CT molecular complexity index is 141. The predicted octanol–water partition coefficient (Wildman–Crippen LogP) is 0.0519. The molecule has 0 aromatic rings. The van der Waals surface area contributed by atoms with Crippen molar-refractivity contribution in [3.63, 3.8) is 0 Å². The fourth-order valence-corrected chi connectivity index (χ4v) is 2.20. The lowest BCUT2D eigenvalue weighted by molar-refractivity contribution is -0.897. The molecule has 0 aliphatic carbocycles. The molecule has 0 amide bonds. The Balaban J connectivity index is 2.14. The summed E-state index contributed by atoms with van der Waals surface area (Å²) in [6.45, 7) is 2.31. The van der Waals surface area contributed by atoms with Crippen LogP contribution < -0.4 is 5.73 Å². The van der Waals surface area contributed by atoms with Gasteiger partial charge in [0, 0.05) is 12.8 Å². The van der Waals surface area contributed by atoms with Crippen LogP contribution in [0.4, 0.5) is 0 Å². The minimum absolute atomic E-state index is 0.00231. The summed E-state index contributed by atoms with van der Waals surface area (Å²) in [5, 5.41) is 11.6. The Morgan fingerprint density at radius 1 is 1.30 bits per heavy atom. The summed E-state index contributed by atoms with van der Waals surface area (Å²) in [6, 6.07) is 0.194. The highest BCUT2D eigenvalue weighted by atomic mass is 16.5. The summed E-state index contributed by atoms with van der Waals surface area (Å²) < 4.78 is -0.00231. The number of piperidine rings is 3. The number of nitrogens with zero attached hydrogens (tertiary/aromatic N) is 1. The van der Waals surface area contributed by atoms with Crippen molar-refractivity contribution in [2.24, 2.45) is 11.7 Å². The summed E-state index contributed by atoms with van der Waals surface area (Å²) >= 11 is 0. The van der Waals surface area contributed by atoms with Gasteiger partial charge in [0.15, 0.2) is 0 Å². The Morgan fingerprint density at radius 3 is 2.20 bits per heavy atom. The summed E-state index contributed by atoms with van der Waals surface area (Å²) in [5.74, 6) is 0.661. The van der Waals surface area contributed by atoms with Crippen LogP contribution in [0.1, 0.15) is 12.8 Å². The maximum Gasteiger partial charge on any atom is 0.0940 e. The van der Waals surface area contributed by atoms with E-state index in [0.717, 1.165) is 25.9 Å². The number of quaternary nitrogens is 1. The molecule has 3 saturated heterocycles. The van der Waals surface area contributed by atoms with Crippen molar-refractivity contribution < 1.29 is 4.65 Å². The molecule has 0 aromatic heterocycles. The first-order valence-corrected chi connectivity index (χ1v) is 4.02. The van der Waals surface area contributed by atoms with Crippen LogP contribution in [0.15, 0.2) is 0 Å². The van der Waals surface area contributed by atoms with Crippen LogP contribution >= 0.6 is 0 Å². The number of fused-ring (bicyclic) bond motifs is 3. The van der Waals surface area contributed by atoms with Crippen LogP contribution in [-0.2, 0) is 0 Å². The zero-order valence-electron chi connectivity index (χ0n) is 6.12. The van der Waals surface area contributed by atoms with Gasteiger partial charge in [-0.25, -0.2) is 0 Å². The van der Waals surface area contributed by atoms with E-state index in [4.69, 9.17) is 5.73 Å². The summed E-state index contributed by atoms with van der Waals surface area (Å²) in [5.41, 5.74) is 5.79. The van der Waals surface area contributed by atoms with Gasteiger partial charge in [-0.3, -0.25) is 0 Å². The van der Waals surface area contributed by atoms with Crippen LogP contribution in [0.2, 0.25) is 0 Å². The Labute approximate surface area is 61.0 Å². The molecule has 3 nitrogen and oxygen atoms in total. The fraction of sp³-hybridized carbons (Fsp3) is 1.00. The molecular formula is C7H14N2O. The Morgan fingerprint density at radius 2 is 1.90 bits per heavy atom. The maximum atomic E-state index is 11.6. The molecule has 3 aliphatic heterocycles. The average Bonchev–Trinajstić information content (AvgIpc) is 1.87. The van der Waals surface area contributed by atoms with Crippen molar-refractivity contribution >= 4 is 0 Å². The monoisotopic (exact) mass is 142 g/mol. The van der Waals surface area contributed by atoms with Gasteiger partial charge < -0.3 is 15.6 Å². The van der Waals surface area contributed by atoms with Crippen molar-refractivity contribution in [3.8, 4) is 0 Å². The highest BCUT2D eigenvalue weighted by molar-refractivity contribution is 4.82. The second kappa shape index (κ2) is 1.94. The van der Waals surface area contributed by atoms with Gasteiger partial charge in [0.05, 0.1) is 25.7 Å². The van der Waals surface area contributed by atoms with Crippen molar-refractivity contribution in [3.05, 3.63) is 5.21 Å². The molecule has 1 unspecified atom stereocenters. The Kier molecular flexibility index (Phi) is 1.27. The number of hydrogen-bond donors (Lipinski definition) is 1. The molecule has 58 valence electrons. The highest BCUT2D eigenvalue weighted by Gasteiger charge is 2.38. The number of hydroxylamine groups is 3. The van der Waals surface area contributed by atoms with Gasteiger partial charge in [0.2, 0.25) is 0 Å². The second-order valence-electron chi connectivity index (χ2n) is 3.69. The van der Waals surface area contributed by atoms with Gasteiger partial charge in [0.25, 0.3) is 0 Å². The molecular weight excluding hydrogens is 128 g/mol. The van der Waals surface area contributed by atoms with Gasteiger partial charge in [-0.15, -0.1) is 0 Å². The van der Waals surface area contributed by atoms with E-state index >= 15 is 0 Å². The normalized spacial score (nSPS) is 53.4. The van der Waals surface area contributed by atoms with Gasteiger partial charge in [-0.1, -0.05) is 0 Å². The van der Waals surface area contributed by atoms with Crippen molar-refractivity contribution in [1.82, 2.24) is 0 Å². The summed E-state index contributed by atoms with van der Waals surface area (Å²) in [6.07, 6.45) is 2.12. The molecule has 2 bridgehead atoms. The molecule has 3 rings (SSSR count).